The number of ketones is 1. The van der Waals surface area contributed by atoms with E-state index in [4.69, 9.17) is 9.47 Å². The molecule has 0 spiro atoms. The fraction of sp³-hybridized carbons (Fsp3) is 0.467. The smallest absolute Gasteiger partial charge is 0.416 e. The Labute approximate surface area is 125 Å². The highest BCUT2D eigenvalue weighted by molar-refractivity contribution is 5.86. The van der Waals surface area contributed by atoms with Gasteiger partial charge in [-0.1, -0.05) is 0 Å². The van der Waals surface area contributed by atoms with Crippen LogP contribution in [0, 0.1) is 0 Å². The standard InChI is InChI=1S/C15H15F3O4/c16-15(17,18)10-5-7-11(8-6-10)21-9-14(20)22-13-4-2-1-3-12(13)19/h5-8,13H,1-4,9H2. The summed E-state index contributed by atoms with van der Waals surface area (Å²) in [5.74, 6) is -0.686. The highest BCUT2D eigenvalue weighted by Crippen LogP contribution is 2.30. The molecule has 0 aliphatic heterocycles. The Hall–Kier alpha value is -2.05. The number of carbonyl (C=O) groups is 2. The average molecular weight is 316 g/mol. The number of hydrogen-bond acceptors (Lipinski definition) is 4. The largest absolute Gasteiger partial charge is 0.482 e. The lowest BCUT2D eigenvalue weighted by Gasteiger charge is -2.20. The Morgan fingerprint density at radius 3 is 2.45 bits per heavy atom. The van der Waals surface area contributed by atoms with Gasteiger partial charge in [0.1, 0.15) is 5.75 Å². The fourth-order valence-corrected chi connectivity index (χ4v) is 2.15. The summed E-state index contributed by atoms with van der Waals surface area (Å²) in [7, 11) is 0. The van der Waals surface area contributed by atoms with Gasteiger partial charge < -0.3 is 9.47 Å². The minimum atomic E-state index is -4.42. The van der Waals surface area contributed by atoms with Gasteiger partial charge in [-0.25, -0.2) is 4.79 Å². The minimum Gasteiger partial charge on any atom is -0.482 e. The first-order chi connectivity index (χ1) is 10.4. The van der Waals surface area contributed by atoms with Gasteiger partial charge in [0.2, 0.25) is 0 Å². The van der Waals surface area contributed by atoms with Crippen LogP contribution in [0.1, 0.15) is 31.2 Å². The SMILES string of the molecule is O=C(COc1ccc(C(F)(F)F)cc1)OC1CCCCC1=O. The molecule has 0 saturated heterocycles. The molecule has 120 valence electrons. The molecule has 1 unspecified atom stereocenters. The van der Waals surface area contributed by atoms with E-state index in [1.807, 2.05) is 0 Å². The minimum absolute atomic E-state index is 0.103. The van der Waals surface area contributed by atoms with Gasteiger partial charge in [0.15, 0.2) is 18.5 Å². The van der Waals surface area contributed by atoms with Gasteiger partial charge in [-0.15, -0.1) is 0 Å². The lowest BCUT2D eigenvalue weighted by Crippen LogP contribution is -2.31. The lowest BCUT2D eigenvalue weighted by atomic mass is 9.96. The number of Topliss-reactive ketones (excluding diaryl/α,β-unsaturated/α-hetero) is 1. The summed E-state index contributed by atoms with van der Waals surface area (Å²) in [5, 5.41) is 0. The van der Waals surface area contributed by atoms with Crippen LogP contribution in [0.15, 0.2) is 24.3 Å². The summed E-state index contributed by atoms with van der Waals surface area (Å²) in [4.78, 5) is 23.1. The average Bonchev–Trinajstić information content (AvgIpc) is 2.47. The van der Waals surface area contributed by atoms with Gasteiger partial charge >= 0.3 is 12.1 Å². The Balaban J connectivity index is 1.82. The number of hydrogen-bond donors (Lipinski definition) is 0. The van der Waals surface area contributed by atoms with Gasteiger partial charge in [0, 0.05) is 6.42 Å². The zero-order valence-electron chi connectivity index (χ0n) is 11.7. The van der Waals surface area contributed by atoms with Crippen LogP contribution in [-0.4, -0.2) is 24.5 Å². The molecule has 2 rings (SSSR count). The van der Waals surface area contributed by atoms with Crippen molar-refractivity contribution in [3.05, 3.63) is 29.8 Å². The summed E-state index contributed by atoms with van der Waals surface area (Å²) >= 11 is 0. The van der Waals surface area contributed by atoms with Crippen LogP contribution < -0.4 is 4.74 Å². The summed E-state index contributed by atoms with van der Waals surface area (Å²) in [6.45, 7) is -0.449. The second kappa shape index (κ2) is 6.81. The number of carbonyl (C=O) groups excluding carboxylic acids is 2. The maximum Gasteiger partial charge on any atom is 0.416 e. The Bertz CT molecular complexity index is 537. The van der Waals surface area contributed by atoms with E-state index in [1.54, 1.807) is 0 Å². The van der Waals surface area contributed by atoms with Crippen LogP contribution in [0.3, 0.4) is 0 Å². The number of alkyl halides is 3. The molecule has 0 bridgehead atoms. The molecule has 22 heavy (non-hydrogen) atoms. The van der Waals surface area contributed by atoms with Crippen LogP contribution in [0.25, 0.3) is 0 Å². The maximum atomic E-state index is 12.4. The second-order valence-electron chi connectivity index (χ2n) is 5.00. The number of halogens is 3. The zero-order valence-corrected chi connectivity index (χ0v) is 11.7. The number of rotatable bonds is 4. The van der Waals surface area contributed by atoms with E-state index >= 15 is 0 Å². The van der Waals surface area contributed by atoms with Gasteiger partial charge in [-0.05, 0) is 43.5 Å². The van der Waals surface area contributed by atoms with Gasteiger partial charge in [-0.2, -0.15) is 13.2 Å². The molecule has 0 amide bonds. The van der Waals surface area contributed by atoms with Gasteiger partial charge in [-0.3, -0.25) is 4.79 Å². The van der Waals surface area contributed by atoms with Crippen molar-refractivity contribution in [2.45, 2.75) is 38.0 Å². The Morgan fingerprint density at radius 1 is 1.18 bits per heavy atom. The number of esters is 1. The zero-order chi connectivity index (χ0) is 16.2. The molecular weight excluding hydrogens is 301 g/mol. The van der Waals surface area contributed by atoms with Crippen molar-refractivity contribution in [1.82, 2.24) is 0 Å². The first-order valence-electron chi connectivity index (χ1n) is 6.88. The third kappa shape index (κ3) is 4.47. The van der Waals surface area contributed by atoms with Crippen molar-refractivity contribution >= 4 is 11.8 Å². The fourth-order valence-electron chi connectivity index (χ4n) is 2.15. The van der Waals surface area contributed by atoms with Gasteiger partial charge in [0.05, 0.1) is 5.56 Å². The first kappa shape index (κ1) is 16.3. The topological polar surface area (TPSA) is 52.6 Å². The van der Waals surface area contributed by atoms with E-state index in [0.29, 0.717) is 12.8 Å². The van der Waals surface area contributed by atoms with E-state index < -0.39 is 30.4 Å². The van der Waals surface area contributed by atoms with E-state index in [2.05, 4.69) is 0 Å². The van der Waals surface area contributed by atoms with Crippen LogP contribution in [0.4, 0.5) is 13.2 Å². The van der Waals surface area contributed by atoms with Crippen LogP contribution in [0.5, 0.6) is 5.75 Å². The molecule has 0 radical (unpaired) electrons. The van der Waals surface area contributed by atoms with E-state index in [-0.39, 0.29) is 11.5 Å². The molecule has 1 aromatic carbocycles. The number of benzene rings is 1. The normalized spacial score (nSPS) is 18.9. The van der Waals surface area contributed by atoms with Crippen molar-refractivity contribution < 1.29 is 32.2 Å². The quantitative estimate of drug-likeness (QED) is 0.801. The second-order valence-corrected chi connectivity index (χ2v) is 5.00. The summed E-state index contributed by atoms with van der Waals surface area (Å²) in [5.41, 5.74) is -0.796. The third-order valence-corrected chi connectivity index (χ3v) is 3.31. The lowest BCUT2D eigenvalue weighted by molar-refractivity contribution is -0.158. The molecule has 1 aliphatic carbocycles. The predicted molar refractivity (Wildman–Crippen MR) is 70.3 cm³/mol. The summed E-state index contributed by atoms with van der Waals surface area (Å²) in [6, 6.07) is 3.99. The molecule has 0 heterocycles. The summed E-state index contributed by atoms with van der Waals surface area (Å²) in [6.07, 6.45) is -2.61. The van der Waals surface area contributed by atoms with Crippen molar-refractivity contribution in [2.24, 2.45) is 0 Å². The molecule has 1 fully saturated rings. The monoisotopic (exact) mass is 316 g/mol. The van der Waals surface area contributed by atoms with Crippen LogP contribution in [-0.2, 0) is 20.5 Å². The van der Waals surface area contributed by atoms with Gasteiger partial charge in [0.25, 0.3) is 0 Å². The number of ether oxygens (including phenoxy) is 2. The van der Waals surface area contributed by atoms with Crippen LogP contribution >= 0.6 is 0 Å². The molecular formula is C15H15F3O4. The predicted octanol–water partition coefficient (Wildman–Crippen LogP) is 3.14. The van der Waals surface area contributed by atoms with E-state index in [0.717, 1.165) is 37.1 Å². The van der Waals surface area contributed by atoms with E-state index in [9.17, 15) is 22.8 Å². The maximum absolute atomic E-state index is 12.4. The summed E-state index contributed by atoms with van der Waals surface area (Å²) < 4.78 is 47.2. The molecule has 4 nitrogen and oxygen atoms in total. The van der Waals surface area contributed by atoms with Crippen molar-refractivity contribution in [3.8, 4) is 5.75 Å². The molecule has 1 aromatic rings. The highest BCUT2D eigenvalue weighted by atomic mass is 19.4. The molecule has 1 aliphatic rings. The first-order valence-corrected chi connectivity index (χ1v) is 6.88. The molecule has 7 heteroatoms. The highest BCUT2D eigenvalue weighted by Gasteiger charge is 2.30. The Morgan fingerprint density at radius 2 is 1.86 bits per heavy atom. The molecule has 1 atom stereocenters. The third-order valence-electron chi connectivity index (χ3n) is 3.31. The van der Waals surface area contributed by atoms with Crippen molar-refractivity contribution in [1.29, 1.82) is 0 Å². The Kier molecular flexibility index (Phi) is 5.05. The molecule has 0 N–H and O–H groups in total. The molecule has 1 saturated carbocycles. The van der Waals surface area contributed by atoms with Crippen LogP contribution in [0.2, 0.25) is 0 Å². The van der Waals surface area contributed by atoms with Crippen molar-refractivity contribution in [2.75, 3.05) is 6.61 Å². The molecule has 0 aromatic heterocycles. The van der Waals surface area contributed by atoms with Crippen molar-refractivity contribution in [3.63, 3.8) is 0 Å². The van der Waals surface area contributed by atoms with E-state index in [1.165, 1.54) is 0 Å².